The van der Waals surface area contributed by atoms with Crippen LogP contribution in [0.2, 0.25) is 0 Å². The number of halogens is 1. The number of phenols is 1. The minimum atomic E-state index is -0.303. The van der Waals surface area contributed by atoms with Gasteiger partial charge < -0.3 is 14.6 Å². The predicted octanol–water partition coefficient (Wildman–Crippen LogP) is 4.80. The van der Waals surface area contributed by atoms with Gasteiger partial charge in [-0.1, -0.05) is 63.7 Å². The molecule has 0 saturated carbocycles. The number of aryl methyl sites for hydroxylation is 1. The van der Waals surface area contributed by atoms with Crippen molar-refractivity contribution in [2.75, 3.05) is 14.2 Å². The normalized spacial score (nSPS) is 16.5. The molecule has 2 aliphatic rings. The molecule has 186 valence electrons. The fraction of sp³-hybridized carbons (Fsp3) is 0.172. The Hall–Kier alpha value is -3.62. The van der Waals surface area contributed by atoms with Crippen molar-refractivity contribution in [2.45, 2.75) is 18.9 Å². The van der Waals surface area contributed by atoms with Crippen molar-refractivity contribution in [1.82, 2.24) is 4.57 Å². The Morgan fingerprint density at radius 2 is 1.92 bits per heavy atom. The number of hydrogen-bond acceptors (Lipinski definition) is 6. The van der Waals surface area contributed by atoms with Crippen molar-refractivity contribution >= 4 is 39.0 Å². The van der Waals surface area contributed by atoms with E-state index < -0.39 is 0 Å². The summed E-state index contributed by atoms with van der Waals surface area (Å²) in [5.74, 6) is 1.05. The van der Waals surface area contributed by atoms with E-state index in [1.54, 1.807) is 29.9 Å². The number of benzene rings is 3. The number of allylic oxidation sites excluding steroid dienone is 1. The molecule has 1 atom stereocenters. The molecule has 8 heteroatoms. The molecule has 6 rings (SSSR count). The molecule has 1 aliphatic heterocycles. The Morgan fingerprint density at radius 3 is 2.73 bits per heavy atom. The second-order valence-corrected chi connectivity index (χ2v) is 10.9. The van der Waals surface area contributed by atoms with Crippen LogP contribution in [0.3, 0.4) is 0 Å². The molecule has 37 heavy (non-hydrogen) atoms. The third-order valence-corrected chi connectivity index (χ3v) is 8.30. The molecule has 4 aromatic rings. The van der Waals surface area contributed by atoms with Crippen LogP contribution in [0.4, 0.5) is 0 Å². The minimum absolute atomic E-state index is 0.0193. The SMILES string of the molecule is COc1cccc([C@H]2C3=C(N=c4s/c(=C/c5cc(Br)cc(OC)c5O)c(=O)n42)c2ccccc2CC3)c1. The number of aromatic hydroxyl groups is 1. The molecule has 0 radical (unpaired) electrons. The van der Waals surface area contributed by atoms with Crippen LogP contribution >= 0.6 is 27.3 Å². The Balaban J connectivity index is 1.63. The molecule has 0 bridgehead atoms. The first kappa shape index (κ1) is 23.8. The summed E-state index contributed by atoms with van der Waals surface area (Å²) in [7, 11) is 3.14. The topological polar surface area (TPSA) is 73.1 Å². The van der Waals surface area contributed by atoms with Gasteiger partial charge >= 0.3 is 0 Å². The van der Waals surface area contributed by atoms with Crippen LogP contribution in [0.25, 0.3) is 11.8 Å². The molecule has 1 aliphatic carbocycles. The molecule has 0 amide bonds. The average molecular weight is 575 g/mol. The Bertz CT molecular complexity index is 1770. The molecule has 3 aromatic carbocycles. The first-order valence-electron chi connectivity index (χ1n) is 11.8. The number of nitrogens with zero attached hydrogens (tertiary/aromatic N) is 2. The third-order valence-electron chi connectivity index (χ3n) is 6.86. The lowest BCUT2D eigenvalue weighted by molar-refractivity contribution is 0.372. The van der Waals surface area contributed by atoms with E-state index in [9.17, 15) is 9.90 Å². The van der Waals surface area contributed by atoms with E-state index in [2.05, 4.69) is 34.1 Å². The number of fused-ring (bicyclic) bond motifs is 3. The molecule has 6 nitrogen and oxygen atoms in total. The van der Waals surface area contributed by atoms with E-state index in [0.717, 1.165) is 45.5 Å². The van der Waals surface area contributed by atoms with Gasteiger partial charge in [0.25, 0.3) is 5.56 Å². The lowest BCUT2D eigenvalue weighted by Gasteiger charge is -2.31. The van der Waals surface area contributed by atoms with Crippen LogP contribution in [0, 0.1) is 0 Å². The van der Waals surface area contributed by atoms with Gasteiger partial charge in [0.15, 0.2) is 16.3 Å². The maximum absolute atomic E-state index is 13.9. The zero-order chi connectivity index (χ0) is 25.7. The molecular formula is C29H23BrN2O4S. The quantitative estimate of drug-likeness (QED) is 0.380. The van der Waals surface area contributed by atoms with E-state index in [-0.39, 0.29) is 17.4 Å². The second-order valence-electron chi connectivity index (χ2n) is 8.94. The largest absolute Gasteiger partial charge is 0.504 e. The standard InChI is InChI=1S/C29H23BrN2O4S/c1-35-20-8-5-7-17(13-20)26-22-11-10-16-6-3-4-9-21(16)25(22)31-29-32(26)28(34)24(37-29)14-18-12-19(30)15-23(36-2)27(18)33/h3-9,12-15,26,33H,10-11H2,1-2H3/b24-14+/t26-/m0/s1. The summed E-state index contributed by atoms with van der Waals surface area (Å²) >= 11 is 4.78. The smallest absolute Gasteiger partial charge is 0.271 e. The lowest BCUT2D eigenvalue weighted by atomic mass is 9.83. The zero-order valence-electron chi connectivity index (χ0n) is 20.2. The van der Waals surface area contributed by atoms with Crippen LogP contribution in [-0.2, 0) is 6.42 Å². The summed E-state index contributed by atoms with van der Waals surface area (Å²) in [6.45, 7) is 0. The van der Waals surface area contributed by atoms with Gasteiger partial charge in [-0.15, -0.1) is 0 Å². The number of ether oxygens (including phenoxy) is 2. The second kappa shape index (κ2) is 9.36. The number of thiazole rings is 1. The first-order valence-corrected chi connectivity index (χ1v) is 13.4. The lowest BCUT2D eigenvalue weighted by Crippen LogP contribution is -2.38. The third kappa shape index (κ3) is 4.01. The molecule has 0 saturated heterocycles. The van der Waals surface area contributed by atoms with Crippen molar-refractivity contribution in [2.24, 2.45) is 4.99 Å². The summed E-state index contributed by atoms with van der Waals surface area (Å²) in [5, 5.41) is 10.7. The van der Waals surface area contributed by atoms with Crippen LogP contribution < -0.4 is 24.4 Å². The highest BCUT2D eigenvalue weighted by Crippen LogP contribution is 2.41. The van der Waals surface area contributed by atoms with E-state index >= 15 is 0 Å². The highest BCUT2D eigenvalue weighted by atomic mass is 79.9. The van der Waals surface area contributed by atoms with Crippen molar-refractivity contribution in [3.05, 3.63) is 113 Å². The molecule has 0 unspecified atom stereocenters. The van der Waals surface area contributed by atoms with Gasteiger partial charge in [-0.2, -0.15) is 0 Å². The van der Waals surface area contributed by atoms with E-state index in [1.807, 2.05) is 30.3 Å². The molecule has 1 N–H and O–H groups in total. The monoisotopic (exact) mass is 574 g/mol. The zero-order valence-corrected chi connectivity index (χ0v) is 22.6. The summed E-state index contributed by atoms with van der Waals surface area (Å²) in [5.41, 5.74) is 5.75. The number of phenolic OH excluding ortho intramolecular Hbond substituents is 1. The fourth-order valence-corrected chi connectivity index (χ4v) is 6.58. The first-order chi connectivity index (χ1) is 18.0. The van der Waals surface area contributed by atoms with Gasteiger partial charge in [-0.25, -0.2) is 4.99 Å². The van der Waals surface area contributed by atoms with Gasteiger partial charge in [-0.05, 0) is 59.9 Å². The minimum Gasteiger partial charge on any atom is -0.504 e. The summed E-state index contributed by atoms with van der Waals surface area (Å²) < 4.78 is 13.8. The van der Waals surface area contributed by atoms with Crippen LogP contribution in [0.15, 0.2) is 80.5 Å². The molecule has 0 fully saturated rings. The molecule has 0 spiro atoms. The van der Waals surface area contributed by atoms with Crippen LogP contribution in [0.1, 0.15) is 34.7 Å². The van der Waals surface area contributed by atoms with Gasteiger partial charge in [0, 0.05) is 15.6 Å². The number of aromatic nitrogens is 1. The maximum Gasteiger partial charge on any atom is 0.271 e. The summed E-state index contributed by atoms with van der Waals surface area (Å²) in [6, 6.07) is 19.4. The fourth-order valence-electron chi connectivity index (χ4n) is 5.14. The van der Waals surface area contributed by atoms with E-state index in [1.165, 1.54) is 24.0 Å². The number of hydrogen-bond donors (Lipinski definition) is 1. The molecule has 1 aromatic heterocycles. The average Bonchev–Trinajstić information content (AvgIpc) is 3.23. The predicted molar refractivity (Wildman–Crippen MR) is 148 cm³/mol. The van der Waals surface area contributed by atoms with E-state index in [4.69, 9.17) is 14.5 Å². The van der Waals surface area contributed by atoms with Gasteiger partial charge in [0.1, 0.15) is 5.75 Å². The number of methoxy groups -OCH3 is 2. The van der Waals surface area contributed by atoms with E-state index in [0.29, 0.717) is 20.6 Å². The van der Waals surface area contributed by atoms with Gasteiger partial charge in [0.2, 0.25) is 0 Å². The van der Waals surface area contributed by atoms with Crippen LogP contribution in [0.5, 0.6) is 17.2 Å². The highest BCUT2D eigenvalue weighted by molar-refractivity contribution is 9.10. The highest BCUT2D eigenvalue weighted by Gasteiger charge is 2.32. The van der Waals surface area contributed by atoms with Crippen molar-refractivity contribution in [1.29, 1.82) is 0 Å². The van der Waals surface area contributed by atoms with Crippen molar-refractivity contribution < 1.29 is 14.6 Å². The van der Waals surface area contributed by atoms with Crippen molar-refractivity contribution in [3.63, 3.8) is 0 Å². The Kier molecular flexibility index (Phi) is 6.01. The number of rotatable bonds is 4. The van der Waals surface area contributed by atoms with Gasteiger partial charge in [-0.3, -0.25) is 9.36 Å². The molecule has 2 heterocycles. The Labute approximate surface area is 225 Å². The van der Waals surface area contributed by atoms with Gasteiger partial charge in [0.05, 0.1) is 30.5 Å². The maximum atomic E-state index is 13.9. The summed E-state index contributed by atoms with van der Waals surface area (Å²) in [4.78, 5) is 19.6. The Morgan fingerprint density at radius 1 is 1.08 bits per heavy atom. The molecular weight excluding hydrogens is 552 g/mol. The van der Waals surface area contributed by atoms with Crippen molar-refractivity contribution in [3.8, 4) is 17.2 Å². The summed E-state index contributed by atoms with van der Waals surface area (Å²) in [6.07, 6.45) is 3.40. The van der Waals surface area contributed by atoms with Crippen LogP contribution in [-0.4, -0.2) is 23.9 Å².